The lowest BCUT2D eigenvalue weighted by atomic mass is 9.81. The van der Waals surface area contributed by atoms with Crippen LogP contribution in [0.3, 0.4) is 0 Å². The smallest absolute Gasteiger partial charge is 0.338 e. The lowest BCUT2D eigenvalue weighted by molar-refractivity contribution is -0.143. The number of carbonyl (C=O) groups excluding carboxylic acids is 2. The van der Waals surface area contributed by atoms with Crippen molar-refractivity contribution in [1.29, 1.82) is 5.26 Å². The topological polar surface area (TPSA) is 70.4 Å². The fourth-order valence-electron chi connectivity index (χ4n) is 3.75. The normalized spacial score (nSPS) is 20.2. The van der Waals surface area contributed by atoms with Gasteiger partial charge < -0.3 is 9.64 Å². The summed E-state index contributed by atoms with van der Waals surface area (Å²) < 4.78 is 5.84. The highest BCUT2D eigenvalue weighted by Crippen LogP contribution is 2.45. The molecule has 150 valence electrons. The highest BCUT2D eigenvalue weighted by atomic mass is 32.2. The fraction of sp³-hybridized carbons (Fsp3) is 0.571. The van der Waals surface area contributed by atoms with E-state index in [1.165, 1.54) is 10.5 Å². The summed E-state index contributed by atoms with van der Waals surface area (Å²) in [6.45, 7) is 1.57. The number of thioether (sulfide) groups is 2. The molecule has 1 aromatic carbocycles. The van der Waals surface area contributed by atoms with E-state index >= 15 is 0 Å². The SMILES string of the molecule is C[C@H](OC(=O)c1ccc(C2SCCS2)cc1)C(=O)N(C)C1(C#N)CCCCC1. The minimum Gasteiger partial charge on any atom is -0.449 e. The maximum atomic E-state index is 12.8. The summed E-state index contributed by atoms with van der Waals surface area (Å²) in [6.07, 6.45) is 3.37. The monoisotopic (exact) mass is 418 g/mol. The summed E-state index contributed by atoms with van der Waals surface area (Å²) in [5, 5.41) is 9.66. The molecule has 0 bridgehead atoms. The molecular formula is C21H26N2O3S2. The Labute approximate surface area is 175 Å². The van der Waals surface area contributed by atoms with E-state index in [2.05, 4.69) is 6.07 Å². The molecule has 0 spiro atoms. The van der Waals surface area contributed by atoms with Gasteiger partial charge in [-0.2, -0.15) is 5.26 Å². The second-order valence-corrected chi connectivity index (χ2v) is 10.1. The van der Waals surface area contributed by atoms with E-state index in [1.807, 2.05) is 35.7 Å². The van der Waals surface area contributed by atoms with Gasteiger partial charge in [0.1, 0.15) is 5.54 Å². The van der Waals surface area contributed by atoms with Crippen molar-refractivity contribution in [3.05, 3.63) is 35.4 Å². The van der Waals surface area contributed by atoms with E-state index in [0.717, 1.165) is 30.8 Å². The molecule has 0 aromatic heterocycles. The zero-order chi connectivity index (χ0) is 20.1. The van der Waals surface area contributed by atoms with Crippen molar-refractivity contribution >= 4 is 35.4 Å². The molecular weight excluding hydrogens is 392 g/mol. The Morgan fingerprint density at radius 3 is 2.36 bits per heavy atom. The molecule has 1 heterocycles. The molecule has 0 unspecified atom stereocenters. The molecule has 1 saturated heterocycles. The predicted octanol–water partition coefficient (Wildman–Crippen LogP) is 4.40. The average Bonchev–Trinajstić information content (AvgIpc) is 3.28. The van der Waals surface area contributed by atoms with E-state index in [1.54, 1.807) is 26.1 Å². The van der Waals surface area contributed by atoms with E-state index in [9.17, 15) is 14.9 Å². The molecule has 1 amide bonds. The first-order valence-corrected chi connectivity index (χ1v) is 11.8. The molecule has 1 atom stereocenters. The zero-order valence-corrected chi connectivity index (χ0v) is 18.0. The Balaban J connectivity index is 1.61. The van der Waals surface area contributed by atoms with Gasteiger partial charge in [-0.05, 0) is 37.5 Å². The fourth-order valence-corrected chi connectivity index (χ4v) is 6.61. The first kappa shape index (κ1) is 21.1. The van der Waals surface area contributed by atoms with Gasteiger partial charge in [0.05, 0.1) is 16.2 Å². The lowest BCUT2D eigenvalue weighted by Crippen LogP contribution is -2.53. The number of hydrogen-bond donors (Lipinski definition) is 0. The highest BCUT2D eigenvalue weighted by molar-refractivity contribution is 8.19. The summed E-state index contributed by atoms with van der Waals surface area (Å²) in [5.74, 6) is 1.46. The molecule has 0 N–H and O–H groups in total. The van der Waals surface area contributed by atoms with Crippen molar-refractivity contribution in [2.75, 3.05) is 18.6 Å². The van der Waals surface area contributed by atoms with Crippen molar-refractivity contribution in [1.82, 2.24) is 4.90 Å². The zero-order valence-electron chi connectivity index (χ0n) is 16.3. The standard InChI is InChI=1S/C21H26N2O3S2/c1-15(18(24)23(2)21(14-22)10-4-3-5-11-21)26-19(25)16-6-8-17(9-7-16)20-27-12-13-28-20/h6-9,15,20H,3-5,10-13H2,1-2H3/t15-/m0/s1. The van der Waals surface area contributed by atoms with Crippen molar-refractivity contribution in [3.8, 4) is 6.07 Å². The molecule has 3 rings (SSSR count). The molecule has 2 aliphatic rings. The summed E-state index contributed by atoms with van der Waals surface area (Å²) in [4.78, 5) is 26.8. The Hall–Kier alpha value is -1.65. The second kappa shape index (κ2) is 9.23. The van der Waals surface area contributed by atoms with Gasteiger partial charge in [0.15, 0.2) is 6.10 Å². The van der Waals surface area contributed by atoms with Gasteiger partial charge in [0, 0.05) is 18.6 Å². The second-order valence-electron chi connectivity index (χ2n) is 7.34. The number of rotatable bonds is 5. The molecule has 2 fully saturated rings. The van der Waals surface area contributed by atoms with Gasteiger partial charge in [-0.1, -0.05) is 31.4 Å². The molecule has 1 saturated carbocycles. The van der Waals surface area contributed by atoms with Crippen LogP contribution in [0.2, 0.25) is 0 Å². The molecule has 1 aliphatic heterocycles. The van der Waals surface area contributed by atoms with Crippen LogP contribution >= 0.6 is 23.5 Å². The largest absolute Gasteiger partial charge is 0.449 e. The number of carbonyl (C=O) groups is 2. The van der Waals surface area contributed by atoms with Crippen molar-refractivity contribution in [3.63, 3.8) is 0 Å². The van der Waals surface area contributed by atoms with E-state index in [4.69, 9.17) is 4.74 Å². The number of likely N-dealkylation sites (N-methyl/N-ethyl adjacent to an activating group) is 1. The first-order valence-electron chi connectivity index (χ1n) is 9.70. The number of ether oxygens (including phenoxy) is 1. The summed E-state index contributed by atoms with van der Waals surface area (Å²) in [7, 11) is 1.65. The Bertz CT molecular complexity index is 748. The van der Waals surface area contributed by atoms with Gasteiger partial charge >= 0.3 is 5.97 Å². The van der Waals surface area contributed by atoms with Crippen molar-refractivity contribution in [2.24, 2.45) is 0 Å². The van der Waals surface area contributed by atoms with E-state index in [0.29, 0.717) is 23.0 Å². The third-order valence-corrected chi connectivity index (χ3v) is 8.64. The molecule has 7 heteroatoms. The summed E-state index contributed by atoms with van der Waals surface area (Å²) >= 11 is 3.83. The van der Waals surface area contributed by atoms with E-state index in [-0.39, 0.29) is 5.91 Å². The number of benzene rings is 1. The Morgan fingerprint density at radius 2 is 1.79 bits per heavy atom. The van der Waals surface area contributed by atoms with E-state index < -0.39 is 17.6 Å². The summed E-state index contributed by atoms with van der Waals surface area (Å²) in [5.41, 5.74) is 0.849. The van der Waals surface area contributed by atoms with Gasteiger partial charge in [-0.15, -0.1) is 23.5 Å². The number of esters is 1. The van der Waals surface area contributed by atoms with Crippen LogP contribution in [0.1, 0.15) is 59.5 Å². The Kier molecular flexibility index (Phi) is 6.95. The third kappa shape index (κ3) is 4.49. The number of amides is 1. The molecule has 0 radical (unpaired) electrons. The molecule has 28 heavy (non-hydrogen) atoms. The first-order chi connectivity index (χ1) is 13.5. The van der Waals surface area contributed by atoms with Crippen LogP contribution in [-0.2, 0) is 9.53 Å². The number of nitriles is 1. The van der Waals surface area contributed by atoms with Gasteiger partial charge in [0.25, 0.3) is 5.91 Å². The minimum atomic E-state index is -0.926. The van der Waals surface area contributed by atoms with Crippen molar-refractivity contribution < 1.29 is 14.3 Å². The van der Waals surface area contributed by atoms with Crippen LogP contribution in [0.5, 0.6) is 0 Å². The van der Waals surface area contributed by atoms with Crippen LogP contribution in [-0.4, -0.2) is 47.0 Å². The van der Waals surface area contributed by atoms with Crippen LogP contribution in [0.4, 0.5) is 0 Å². The number of hydrogen-bond acceptors (Lipinski definition) is 6. The lowest BCUT2D eigenvalue weighted by Gasteiger charge is -2.39. The van der Waals surface area contributed by atoms with Gasteiger partial charge in [0.2, 0.25) is 0 Å². The van der Waals surface area contributed by atoms with Crippen LogP contribution in [0.25, 0.3) is 0 Å². The maximum Gasteiger partial charge on any atom is 0.338 e. The predicted molar refractivity (Wildman–Crippen MR) is 113 cm³/mol. The minimum absolute atomic E-state index is 0.327. The van der Waals surface area contributed by atoms with Crippen molar-refractivity contribution in [2.45, 2.75) is 55.3 Å². The molecule has 1 aromatic rings. The van der Waals surface area contributed by atoms with Crippen LogP contribution < -0.4 is 0 Å². The molecule has 1 aliphatic carbocycles. The number of nitrogens with zero attached hydrogens (tertiary/aromatic N) is 2. The summed E-state index contributed by atoms with van der Waals surface area (Å²) in [6, 6.07) is 9.76. The molecule has 5 nitrogen and oxygen atoms in total. The quantitative estimate of drug-likeness (QED) is 0.660. The highest BCUT2D eigenvalue weighted by Gasteiger charge is 2.40. The van der Waals surface area contributed by atoms with Gasteiger partial charge in [-0.3, -0.25) is 4.79 Å². The maximum absolute atomic E-state index is 12.8. The van der Waals surface area contributed by atoms with Crippen LogP contribution in [0.15, 0.2) is 24.3 Å². The Morgan fingerprint density at radius 1 is 1.18 bits per heavy atom. The van der Waals surface area contributed by atoms with Crippen LogP contribution in [0, 0.1) is 11.3 Å². The van der Waals surface area contributed by atoms with Gasteiger partial charge in [-0.25, -0.2) is 4.79 Å². The average molecular weight is 419 g/mol. The third-order valence-electron chi connectivity index (χ3n) is 5.53.